The third kappa shape index (κ3) is 4.54. The van der Waals surface area contributed by atoms with Crippen LogP contribution in [0.2, 0.25) is 0 Å². The van der Waals surface area contributed by atoms with Crippen LogP contribution in [0, 0.1) is 0 Å². The minimum absolute atomic E-state index is 0.183. The zero-order valence-corrected chi connectivity index (χ0v) is 11.4. The van der Waals surface area contributed by atoms with Gasteiger partial charge in [0.25, 0.3) is 0 Å². The third-order valence-corrected chi connectivity index (χ3v) is 3.48. The van der Waals surface area contributed by atoms with Crippen LogP contribution in [-0.4, -0.2) is 43.3 Å². The molecule has 1 amide bonds. The van der Waals surface area contributed by atoms with E-state index in [1.165, 1.54) is 6.42 Å². The topological polar surface area (TPSA) is 41.6 Å². The quantitative estimate of drug-likeness (QED) is 0.805. The molecule has 0 spiro atoms. The average Bonchev–Trinajstić information content (AvgIpc) is 2.36. The molecule has 1 rings (SSSR count). The summed E-state index contributed by atoms with van der Waals surface area (Å²) in [5.74, 6) is 0. The number of hydrogen-bond acceptors (Lipinski definition) is 3. The zero-order chi connectivity index (χ0) is 12.7. The molecule has 4 heteroatoms. The van der Waals surface area contributed by atoms with Crippen LogP contribution in [0.5, 0.6) is 0 Å². The van der Waals surface area contributed by atoms with E-state index in [1.807, 2.05) is 14.0 Å². The highest BCUT2D eigenvalue weighted by atomic mass is 16.6. The van der Waals surface area contributed by atoms with Crippen LogP contribution in [-0.2, 0) is 4.74 Å². The van der Waals surface area contributed by atoms with Crippen LogP contribution >= 0.6 is 0 Å². The molecule has 0 radical (unpaired) electrons. The van der Waals surface area contributed by atoms with Gasteiger partial charge in [0, 0.05) is 19.1 Å². The van der Waals surface area contributed by atoms with Crippen LogP contribution < -0.4 is 5.32 Å². The Morgan fingerprint density at radius 1 is 1.29 bits per heavy atom. The number of hydrogen-bond donors (Lipinski definition) is 1. The summed E-state index contributed by atoms with van der Waals surface area (Å²) < 4.78 is 5.02. The van der Waals surface area contributed by atoms with Crippen molar-refractivity contribution >= 4 is 6.09 Å². The van der Waals surface area contributed by atoms with Gasteiger partial charge in [-0.3, -0.25) is 0 Å². The summed E-state index contributed by atoms with van der Waals surface area (Å²) in [6.07, 6.45) is 5.48. The van der Waals surface area contributed by atoms with E-state index in [4.69, 9.17) is 4.74 Å². The van der Waals surface area contributed by atoms with Crippen molar-refractivity contribution in [2.75, 3.05) is 20.2 Å². The second kappa shape index (κ2) is 7.54. The number of carbonyl (C=O) groups excluding carboxylic acids is 1. The second-order valence-corrected chi connectivity index (χ2v) is 4.77. The van der Waals surface area contributed by atoms with Gasteiger partial charge in [-0.2, -0.15) is 0 Å². The SMILES string of the molecule is CCCNC1CCC(N(C)C(=O)OCC)CC1. The Kier molecular flexibility index (Phi) is 6.34. The molecule has 17 heavy (non-hydrogen) atoms. The summed E-state index contributed by atoms with van der Waals surface area (Å²) >= 11 is 0. The zero-order valence-electron chi connectivity index (χ0n) is 11.4. The van der Waals surface area contributed by atoms with Crippen LogP contribution in [0.15, 0.2) is 0 Å². The van der Waals surface area contributed by atoms with Gasteiger partial charge in [-0.25, -0.2) is 4.79 Å². The first-order valence-electron chi connectivity index (χ1n) is 6.82. The van der Waals surface area contributed by atoms with Crippen molar-refractivity contribution in [3.05, 3.63) is 0 Å². The third-order valence-electron chi connectivity index (χ3n) is 3.48. The van der Waals surface area contributed by atoms with Gasteiger partial charge in [-0.1, -0.05) is 6.92 Å². The lowest BCUT2D eigenvalue weighted by Gasteiger charge is -2.34. The maximum atomic E-state index is 11.6. The van der Waals surface area contributed by atoms with Gasteiger partial charge in [-0.05, 0) is 45.6 Å². The Morgan fingerprint density at radius 2 is 1.94 bits per heavy atom. The minimum Gasteiger partial charge on any atom is -0.450 e. The van der Waals surface area contributed by atoms with E-state index in [2.05, 4.69) is 12.2 Å². The lowest BCUT2D eigenvalue weighted by Crippen LogP contribution is -2.43. The van der Waals surface area contributed by atoms with Crippen molar-refractivity contribution in [2.24, 2.45) is 0 Å². The highest BCUT2D eigenvalue weighted by Crippen LogP contribution is 2.22. The molecule has 0 aliphatic heterocycles. The average molecular weight is 242 g/mol. The lowest BCUT2D eigenvalue weighted by molar-refractivity contribution is 0.0903. The van der Waals surface area contributed by atoms with Crippen molar-refractivity contribution < 1.29 is 9.53 Å². The Balaban J connectivity index is 2.28. The first-order valence-corrected chi connectivity index (χ1v) is 6.82. The molecule has 0 unspecified atom stereocenters. The van der Waals surface area contributed by atoms with E-state index in [0.29, 0.717) is 18.7 Å². The number of nitrogens with zero attached hydrogens (tertiary/aromatic N) is 1. The summed E-state index contributed by atoms with van der Waals surface area (Å²) in [4.78, 5) is 13.3. The molecule has 1 aliphatic rings. The van der Waals surface area contributed by atoms with Gasteiger partial charge in [0.1, 0.15) is 0 Å². The molecular formula is C13H26N2O2. The highest BCUT2D eigenvalue weighted by Gasteiger charge is 2.26. The fourth-order valence-corrected chi connectivity index (χ4v) is 2.39. The Labute approximate surface area is 105 Å². The molecular weight excluding hydrogens is 216 g/mol. The van der Waals surface area contributed by atoms with Gasteiger partial charge in [0.2, 0.25) is 0 Å². The predicted molar refractivity (Wildman–Crippen MR) is 69.1 cm³/mol. The van der Waals surface area contributed by atoms with Gasteiger partial charge < -0.3 is 15.0 Å². The van der Waals surface area contributed by atoms with Gasteiger partial charge in [0.15, 0.2) is 0 Å². The van der Waals surface area contributed by atoms with Gasteiger partial charge >= 0.3 is 6.09 Å². The molecule has 0 aromatic heterocycles. The number of rotatable bonds is 5. The van der Waals surface area contributed by atoms with Crippen molar-refractivity contribution in [2.45, 2.75) is 58.0 Å². The van der Waals surface area contributed by atoms with E-state index >= 15 is 0 Å². The fourth-order valence-electron chi connectivity index (χ4n) is 2.39. The molecule has 1 N–H and O–H groups in total. The molecule has 100 valence electrons. The summed E-state index contributed by atoms with van der Waals surface area (Å²) in [7, 11) is 1.85. The largest absolute Gasteiger partial charge is 0.450 e. The molecule has 0 aromatic rings. The number of carbonyl (C=O) groups is 1. The van der Waals surface area contributed by atoms with E-state index in [0.717, 1.165) is 32.2 Å². The normalized spacial score (nSPS) is 24.4. The molecule has 0 atom stereocenters. The van der Waals surface area contributed by atoms with Crippen molar-refractivity contribution in [1.29, 1.82) is 0 Å². The summed E-state index contributed by atoms with van der Waals surface area (Å²) in [5, 5.41) is 3.55. The molecule has 1 aliphatic carbocycles. The van der Waals surface area contributed by atoms with Crippen LogP contribution in [0.3, 0.4) is 0 Å². The smallest absolute Gasteiger partial charge is 0.409 e. The first-order chi connectivity index (χ1) is 8.19. The van der Waals surface area contributed by atoms with Crippen LogP contribution in [0.25, 0.3) is 0 Å². The standard InChI is InChI=1S/C13H26N2O2/c1-4-10-14-11-6-8-12(9-7-11)15(3)13(16)17-5-2/h11-12,14H,4-10H2,1-3H3. The maximum absolute atomic E-state index is 11.6. The number of amides is 1. The van der Waals surface area contributed by atoms with E-state index in [1.54, 1.807) is 4.90 Å². The Hall–Kier alpha value is -0.770. The van der Waals surface area contributed by atoms with Crippen LogP contribution in [0.4, 0.5) is 4.79 Å². The molecule has 0 heterocycles. The van der Waals surface area contributed by atoms with E-state index < -0.39 is 0 Å². The van der Waals surface area contributed by atoms with E-state index in [-0.39, 0.29) is 6.09 Å². The predicted octanol–water partition coefficient (Wildman–Crippen LogP) is 2.39. The molecule has 0 bridgehead atoms. The summed E-state index contributed by atoms with van der Waals surface area (Å²) in [6, 6.07) is 0.996. The Morgan fingerprint density at radius 3 is 2.47 bits per heavy atom. The maximum Gasteiger partial charge on any atom is 0.409 e. The molecule has 1 saturated carbocycles. The fraction of sp³-hybridized carbons (Fsp3) is 0.923. The highest BCUT2D eigenvalue weighted by molar-refractivity contribution is 5.67. The molecule has 0 saturated heterocycles. The Bertz CT molecular complexity index is 225. The van der Waals surface area contributed by atoms with Gasteiger partial charge in [0.05, 0.1) is 6.61 Å². The van der Waals surface area contributed by atoms with Crippen LogP contribution in [0.1, 0.15) is 46.0 Å². The summed E-state index contributed by atoms with van der Waals surface area (Å²) in [5.41, 5.74) is 0. The molecule has 0 aromatic carbocycles. The number of nitrogens with one attached hydrogen (secondary N) is 1. The minimum atomic E-state index is -0.183. The first kappa shape index (κ1) is 14.3. The van der Waals surface area contributed by atoms with Crippen molar-refractivity contribution in [3.63, 3.8) is 0 Å². The van der Waals surface area contributed by atoms with Crippen molar-refractivity contribution in [3.8, 4) is 0 Å². The lowest BCUT2D eigenvalue weighted by atomic mass is 9.90. The second-order valence-electron chi connectivity index (χ2n) is 4.77. The number of ether oxygens (including phenoxy) is 1. The summed E-state index contributed by atoms with van der Waals surface area (Å²) in [6.45, 7) is 5.59. The molecule has 4 nitrogen and oxygen atoms in total. The van der Waals surface area contributed by atoms with E-state index in [9.17, 15) is 4.79 Å². The molecule has 1 fully saturated rings. The van der Waals surface area contributed by atoms with Gasteiger partial charge in [-0.15, -0.1) is 0 Å². The monoisotopic (exact) mass is 242 g/mol. The van der Waals surface area contributed by atoms with Crippen molar-refractivity contribution in [1.82, 2.24) is 10.2 Å².